The molecule has 0 aliphatic rings. The fraction of sp³-hybridized carbons (Fsp3) is 0.661. The number of amides is 1. The molecule has 0 spiro atoms. The summed E-state index contributed by atoms with van der Waals surface area (Å²) in [6.45, 7) is 6.21. The van der Waals surface area contributed by atoms with Crippen molar-refractivity contribution in [1.29, 1.82) is 0 Å². The Morgan fingerprint density at radius 3 is 1.43 bits per heavy atom. The Morgan fingerprint density at radius 1 is 0.477 bits per heavy atom. The maximum atomic E-state index is 13.2. The van der Waals surface area contributed by atoms with Gasteiger partial charge in [0.05, 0.1) is 25.2 Å². The van der Waals surface area contributed by atoms with Crippen LogP contribution >= 0.6 is 0 Å². The zero-order chi connectivity index (χ0) is 47.4. The second-order valence-corrected chi connectivity index (χ2v) is 17.6. The third-order valence-electron chi connectivity index (χ3n) is 11.4. The highest BCUT2D eigenvalue weighted by Crippen LogP contribution is 2.17. The van der Waals surface area contributed by atoms with E-state index >= 15 is 0 Å². The Kier molecular flexibility index (Phi) is 48.7. The summed E-state index contributed by atoms with van der Waals surface area (Å²) in [5, 5.41) is 23.8. The first-order valence-corrected chi connectivity index (χ1v) is 26.7. The van der Waals surface area contributed by atoms with Crippen LogP contribution < -0.4 is 5.32 Å². The number of aliphatic hydroxyl groups is 2. The maximum absolute atomic E-state index is 13.2. The van der Waals surface area contributed by atoms with Gasteiger partial charge in [-0.15, -0.1) is 0 Å². The van der Waals surface area contributed by atoms with Gasteiger partial charge in [0.2, 0.25) is 5.91 Å². The molecule has 3 atom stereocenters. The lowest BCUT2D eigenvalue weighted by Gasteiger charge is -2.24. The molecule has 0 aliphatic heterocycles. The molecule has 0 aromatic carbocycles. The van der Waals surface area contributed by atoms with E-state index in [1.54, 1.807) is 0 Å². The van der Waals surface area contributed by atoms with Crippen LogP contribution in [0.5, 0.6) is 0 Å². The molecular weight excluding hydrogens is 803 g/mol. The van der Waals surface area contributed by atoms with Gasteiger partial charge < -0.3 is 20.3 Å². The first-order chi connectivity index (χ1) is 32.0. The minimum absolute atomic E-state index is 0.0223. The van der Waals surface area contributed by atoms with Crippen molar-refractivity contribution in [3.8, 4) is 0 Å². The summed E-state index contributed by atoms with van der Waals surface area (Å²) in [6, 6.07) is -0.734. The number of nitrogens with one attached hydrogen (secondary N) is 1. The minimum atomic E-state index is -0.815. The predicted molar refractivity (Wildman–Crippen MR) is 282 cm³/mol. The van der Waals surface area contributed by atoms with Crippen LogP contribution in [0.1, 0.15) is 226 Å². The Bertz CT molecular complexity index is 1330. The number of ether oxygens (including phenoxy) is 1. The second-order valence-electron chi connectivity index (χ2n) is 17.6. The van der Waals surface area contributed by atoms with Gasteiger partial charge >= 0.3 is 5.97 Å². The second kappa shape index (κ2) is 51.5. The van der Waals surface area contributed by atoms with Crippen molar-refractivity contribution in [2.24, 2.45) is 0 Å². The Morgan fingerprint density at radius 2 is 0.908 bits per heavy atom. The fourth-order valence-electron chi connectivity index (χ4n) is 7.48. The predicted octanol–water partition coefficient (Wildman–Crippen LogP) is 16.3. The first kappa shape index (κ1) is 61.5. The third kappa shape index (κ3) is 46.8. The summed E-state index contributed by atoms with van der Waals surface area (Å²) < 4.78 is 5.89. The molecule has 0 saturated carbocycles. The number of esters is 1. The topological polar surface area (TPSA) is 95.9 Å². The Labute approximate surface area is 400 Å². The molecule has 0 radical (unpaired) electrons. The van der Waals surface area contributed by atoms with Crippen molar-refractivity contribution in [1.82, 2.24) is 5.32 Å². The Balaban J connectivity index is 4.69. The van der Waals surface area contributed by atoms with Crippen molar-refractivity contribution in [2.75, 3.05) is 6.61 Å². The van der Waals surface area contributed by atoms with E-state index in [-0.39, 0.29) is 24.9 Å². The van der Waals surface area contributed by atoms with Crippen molar-refractivity contribution >= 4 is 11.9 Å². The number of hydrogen-bond acceptors (Lipinski definition) is 5. The van der Waals surface area contributed by atoms with E-state index < -0.39 is 18.2 Å². The van der Waals surface area contributed by atoms with Crippen LogP contribution in [0, 0.1) is 0 Å². The highest BCUT2D eigenvalue weighted by atomic mass is 16.5. The monoisotopic (exact) mass is 902 g/mol. The van der Waals surface area contributed by atoms with Gasteiger partial charge in [0, 0.05) is 6.42 Å². The lowest BCUT2D eigenvalue weighted by molar-refractivity contribution is -0.151. The molecule has 370 valence electrons. The fourth-order valence-corrected chi connectivity index (χ4v) is 7.48. The lowest BCUT2D eigenvalue weighted by Crippen LogP contribution is -2.46. The molecule has 0 aromatic heterocycles. The summed E-state index contributed by atoms with van der Waals surface area (Å²) >= 11 is 0. The van der Waals surface area contributed by atoms with Crippen LogP contribution in [-0.2, 0) is 14.3 Å². The van der Waals surface area contributed by atoms with E-state index in [1.165, 1.54) is 83.5 Å². The number of carbonyl (C=O) groups excluding carboxylic acids is 2. The molecule has 3 N–H and O–H groups in total. The minimum Gasteiger partial charge on any atom is -0.462 e. The number of aliphatic hydroxyl groups excluding tert-OH is 2. The summed E-state index contributed by atoms with van der Waals surface area (Å²) in [6.07, 6.45) is 70.1. The van der Waals surface area contributed by atoms with Crippen LogP contribution in [0.4, 0.5) is 0 Å². The molecule has 6 heteroatoms. The van der Waals surface area contributed by atoms with E-state index in [0.29, 0.717) is 25.7 Å². The first-order valence-electron chi connectivity index (χ1n) is 26.7. The molecular formula is C59H99NO5. The number of hydrogen-bond donors (Lipinski definition) is 3. The van der Waals surface area contributed by atoms with Gasteiger partial charge in [-0.1, -0.05) is 239 Å². The molecule has 3 unspecified atom stereocenters. The normalized spacial score (nSPS) is 14.1. The zero-order valence-corrected chi connectivity index (χ0v) is 42.1. The largest absolute Gasteiger partial charge is 0.462 e. The SMILES string of the molecule is CC/C=C\C/C=C\C/C=C\C/C=C\C/C=C\CCCC(=O)OC(CCCCC\C=C/C=C/C=C/C=C/CC)CC(=O)NC(CO)C(O)CCCCCCCCCCCCCCCCCC. The summed E-state index contributed by atoms with van der Waals surface area (Å²) in [5.41, 5.74) is 0. The number of unbranched alkanes of at least 4 members (excludes halogenated alkanes) is 19. The molecule has 1 amide bonds. The van der Waals surface area contributed by atoms with E-state index in [2.05, 4.69) is 105 Å². The standard InChI is InChI=1S/C59H99NO5/c1-4-7-10-13-16-19-22-25-27-29-31-34-37-40-43-46-49-52-59(64)65-55(50-47-44-41-38-35-32-24-21-18-15-12-9-6-3)53-58(63)60-56(54-61)57(62)51-48-45-42-39-36-33-30-28-26-23-20-17-14-11-8-5-2/h7,9-10,12,15-16,18-19,21,24-25,27,31-32,34-35,40,43,55-57,61-62H,4-6,8,11,13-14,17,20,22-23,26,28-30,33,36-39,41-42,44-54H2,1-3H3,(H,60,63)/b10-7-,12-9+,18-15+,19-16-,24-21+,27-25-,34-31-,35-32-,43-40-. The van der Waals surface area contributed by atoms with Crippen LogP contribution in [0.25, 0.3) is 0 Å². The highest BCUT2D eigenvalue weighted by Gasteiger charge is 2.24. The van der Waals surface area contributed by atoms with Gasteiger partial charge in [0.1, 0.15) is 6.10 Å². The molecule has 0 rings (SSSR count). The van der Waals surface area contributed by atoms with Crippen LogP contribution in [-0.4, -0.2) is 46.9 Å². The van der Waals surface area contributed by atoms with Gasteiger partial charge in [0.15, 0.2) is 0 Å². The third-order valence-corrected chi connectivity index (χ3v) is 11.4. The quantitative estimate of drug-likeness (QED) is 0.0245. The highest BCUT2D eigenvalue weighted by molar-refractivity contribution is 5.77. The van der Waals surface area contributed by atoms with E-state index in [9.17, 15) is 19.8 Å². The summed E-state index contributed by atoms with van der Waals surface area (Å²) in [7, 11) is 0. The molecule has 0 fully saturated rings. The summed E-state index contributed by atoms with van der Waals surface area (Å²) in [4.78, 5) is 26.2. The molecule has 6 nitrogen and oxygen atoms in total. The van der Waals surface area contributed by atoms with E-state index in [0.717, 1.165) is 89.9 Å². The number of allylic oxidation sites excluding steroid dienone is 18. The molecule has 0 bridgehead atoms. The molecule has 0 aliphatic carbocycles. The smallest absolute Gasteiger partial charge is 0.306 e. The lowest BCUT2D eigenvalue weighted by atomic mass is 10.0. The number of carbonyl (C=O) groups is 2. The molecule has 0 saturated heterocycles. The van der Waals surface area contributed by atoms with Gasteiger partial charge in [-0.2, -0.15) is 0 Å². The number of rotatable bonds is 46. The van der Waals surface area contributed by atoms with E-state index in [1.807, 2.05) is 30.4 Å². The maximum Gasteiger partial charge on any atom is 0.306 e. The van der Waals surface area contributed by atoms with Crippen LogP contribution in [0.2, 0.25) is 0 Å². The molecule has 65 heavy (non-hydrogen) atoms. The van der Waals surface area contributed by atoms with Crippen molar-refractivity contribution in [3.63, 3.8) is 0 Å². The zero-order valence-electron chi connectivity index (χ0n) is 42.1. The van der Waals surface area contributed by atoms with Crippen molar-refractivity contribution in [3.05, 3.63) is 109 Å². The summed E-state index contributed by atoms with van der Waals surface area (Å²) in [5.74, 6) is -0.591. The average molecular weight is 902 g/mol. The van der Waals surface area contributed by atoms with Crippen molar-refractivity contribution < 1.29 is 24.5 Å². The van der Waals surface area contributed by atoms with Crippen LogP contribution in [0.15, 0.2) is 109 Å². The molecule has 0 aromatic rings. The van der Waals surface area contributed by atoms with Gasteiger partial charge in [-0.3, -0.25) is 9.59 Å². The Hall–Kier alpha value is -3.48. The van der Waals surface area contributed by atoms with Gasteiger partial charge in [0.25, 0.3) is 0 Å². The van der Waals surface area contributed by atoms with Crippen molar-refractivity contribution in [2.45, 2.75) is 244 Å². The molecule has 0 heterocycles. The average Bonchev–Trinajstić information content (AvgIpc) is 3.30. The van der Waals surface area contributed by atoms with Gasteiger partial charge in [-0.05, 0) is 83.5 Å². The van der Waals surface area contributed by atoms with Crippen LogP contribution in [0.3, 0.4) is 0 Å². The van der Waals surface area contributed by atoms with Gasteiger partial charge in [-0.25, -0.2) is 0 Å². The van der Waals surface area contributed by atoms with E-state index in [4.69, 9.17) is 4.74 Å².